The molecule has 2 amide bonds. The Hall–Kier alpha value is -3.24. The van der Waals surface area contributed by atoms with Crippen molar-refractivity contribution in [3.05, 3.63) is 64.5 Å². The summed E-state index contributed by atoms with van der Waals surface area (Å²) in [6, 6.07) is 11.3. The topological polar surface area (TPSA) is 76.4 Å². The highest BCUT2D eigenvalue weighted by Crippen LogP contribution is 2.28. The number of hydrogen-bond acceptors (Lipinski definition) is 4. The molecule has 2 fully saturated rings. The largest absolute Gasteiger partial charge is 0.340 e. The van der Waals surface area contributed by atoms with E-state index >= 15 is 0 Å². The van der Waals surface area contributed by atoms with Crippen molar-refractivity contribution in [3.8, 4) is 6.07 Å². The number of nitrogens with zero attached hydrogens (tertiary/aromatic N) is 3. The highest BCUT2D eigenvalue weighted by molar-refractivity contribution is 6.04. The van der Waals surface area contributed by atoms with E-state index in [1.54, 1.807) is 18.2 Å². The standard InChI is InChI=1S/C26H29FN4O2/c1-18-22(17-30-9-11-31(12-10-30)26(33)20-6-2-3-7-20)14-23(27)15-24(18)29-25(32)21-8-4-5-19(13-21)16-28/h4-5,8,13-15,20H,2-3,6-7,9-12,17H2,1H3,(H,29,32). The first-order valence-corrected chi connectivity index (χ1v) is 11.6. The maximum atomic E-state index is 14.4. The number of carbonyl (C=O) groups excluding carboxylic acids is 2. The number of benzene rings is 2. The Morgan fingerprint density at radius 2 is 1.85 bits per heavy atom. The van der Waals surface area contributed by atoms with Crippen LogP contribution < -0.4 is 5.32 Å². The fourth-order valence-electron chi connectivity index (χ4n) is 4.75. The van der Waals surface area contributed by atoms with Gasteiger partial charge in [-0.25, -0.2) is 4.39 Å². The molecule has 4 rings (SSSR count). The second-order valence-corrected chi connectivity index (χ2v) is 8.97. The summed E-state index contributed by atoms with van der Waals surface area (Å²) in [5.74, 6) is -0.306. The Morgan fingerprint density at radius 3 is 2.55 bits per heavy atom. The molecule has 1 saturated carbocycles. The number of nitrogens with one attached hydrogen (secondary N) is 1. The van der Waals surface area contributed by atoms with Gasteiger partial charge in [-0.15, -0.1) is 0 Å². The van der Waals surface area contributed by atoms with Crippen molar-refractivity contribution in [2.45, 2.75) is 39.2 Å². The van der Waals surface area contributed by atoms with E-state index in [2.05, 4.69) is 10.2 Å². The summed E-state index contributed by atoms with van der Waals surface area (Å²) >= 11 is 0. The second kappa shape index (κ2) is 10.1. The molecule has 0 bridgehead atoms. The zero-order valence-electron chi connectivity index (χ0n) is 18.9. The summed E-state index contributed by atoms with van der Waals surface area (Å²) in [5.41, 5.74) is 2.79. The van der Waals surface area contributed by atoms with Gasteiger partial charge in [0.1, 0.15) is 5.82 Å². The third kappa shape index (κ3) is 5.40. The Kier molecular flexibility index (Phi) is 7.05. The lowest BCUT2D eigenvalue weighted by Gasteiger charge is -2.36. The first kappa shape index (κ1) is 22.9. The molecular weight excluding hydrogens is 419 g/mol. The van der Waals surface area contributed by atoms with Crippen LogP contribution in [0.25, 0.3) is 0 Å². The van der Waals surface area contributed by atoms with Crippen LogP contribution in [-0.4, -0.2) is 47.8 Å². The first-order chi connectivity index (χ1) is 15.9. The number of rotatable bonds is 5. The molecule has 1 saturated heterocycles. The second-order valence-electron chi connectivity index (χ2n) is 8.97. The average Bonchev–Trinajstić information content (AvgIpc) is 3.37. The molecule has 0 unspecified atom stereocenters. The van der Waals surface area contributed by atoms with Crippen LogP contribution >= 0.6 is 0 Å². The van der Waals surface area contributed by atoms with Gasteiger partial charge in [-0.2, -0.15) is 5.26 Å². The van der Waals surface area contributed by atoms with Crippen molar-refractivity contribution < 1.29 is 14.0 Å². The smallest absolute Gasteiger partial charge is 0.255 e. The van der Waals surface area contributed by atoms with E-state index < -0.39 is 5.82 Å². The summed E-state index contributed by atoms with van der Waals surface area (Å²) in [4.78, 5) is 29.5. The van der Waals surface area contributed by atoms with Gasteiger partial charge in [0, 0.05) is 49.9 Å². The van der Waals surface area contributed by atoms with Crippen LogP contribution in [0.5, 0.6) is 0 Å². The lowest BCUT2D eigenvalue weighted by Crippen LogP contribution is -2.49. The van der Waals surface area contributed by atoms with Crippen LogP contribution in [0.4, 0.5) is 10.1 Å². The van der Waals surface area contributed by atoms with Gasteiger partial charge >= 0.3 is 0 Å². The van der Waals surface area contributed by atoms with Gasteiger partial charge in [-0.3, -0.25) is 14.5 Å². The molecule has 2 aliphatic rings. The Morgan fingerprint density at radius 1 is 1.12 bits per heavy atom. The van der Waals surface area contributed by atoms with Gasteiger partial charge in [0.2, 0.25) is 5.91 Å². The van der Waals surface area contributed by atoms with E-state index in [-0.39, 0.29) is 11.8 Å². The highest BCUT2D eigenvalue weighted by atomic mass is 19.1. The normalized spacial score (nSPS) is 17.1. The van der Waals surface area contributed by atoms with Crippen LogP contribution in [0.2, 0.25) is 0 Å². The molecule has 1 aliphatic carbocycles. The molecule has 2 aromatic rings. The van der Waals surface area contributed by atoms with E-state index in [1.807, 2.05) is 17.9 Å². The lowest BCUT2D eigenvalue weighted by molar-refractivity contribution is -0.137. The van der Waals surface area contributed by atoms with Crippen molar-refractivity contribution in [1.29, 1.82) is 5.26 Å². The van der Waals surface area contributed by atoms with Crippen LogP contribution in [0.3, 0.4) is 0 Å². The maximum absolute atomic E-state index is 14.4. The Labute approximate surface area is 194 Å². The molecule has 33 heavy (non-hydrogen) atoms. The highest BCUT2D eigenvalue weighted by Gasteiger charge is 2.29. The summed E-state index contributed by atoms with van der Waals surface area (Å²) in [5, 5.41) is 11.8. The van der Waals surface area contributed by atoms with E-state index in [4.69, 9.17) is 5.26 Å². The molecule has 1 N–H and O–H groups in total. The Bertz CT molecular complexity index is 1080. The quantitative estimate of drug-likeness (QED) is 0.747. The SMILES string of the molecule is Cc1c(CN2CCN(C(=O)C3CCCC3)CC2)cc(F)cc1NC(=O)c1cccc(C#N)c1. The number of hydrogen-bond donors (Lipinski definition) is 1. The van der Waals surface area contributed by atoms with Crippen LogP contribution in [-0.2, 0) is 11.3 Å². The minimum absolute atomic E-state index is 0.196. The van der Waals surface area contributed by atoms with Crippen LogP contribution in [0.1, 0.15) is 52.7 Å². The Balaban J connectivity index is 1.40. The summed E-state index contributed by atoms with van der Waals surface area (Å²) in [6.45, 7) is 5.32. The predicted octanol–water partition coefficient (Wildman–Crippen LogP) is 4.09. The van der Waals surface area contributed by atoms with Crippen molar-refractivity contribution >= 4 is 17.5 Å². The van der Waals surface area contributed by atoms with E-state index in [0.717, 1.165) is 49.9 Å². The molecular formula is C26H29FN4O2. The summed E-state index contributed by atoms with van der Waals surface area (Å²) in [7, 11) is 0. The third-order valence-electron chi connectivity index (χ3n) is 6.76. The molecule has 0 spiro atoms. The monoisotopic (exact) mass is 448 g/mol. The van der Waals surface area contributed by atoms with Gasteiger partial charge in [0.05, 0.1) is 11.6 Å². The molecule has 0 aromatic heterocycles. The van der Waals surface area contributed by atoms with E-state index in [1.165, 1.54) is 18.2 Å². The molecule has 6 nitrogen and oxygen atoms in total. The molecule has 1 aliphatic heterocycles. The minimum atomic E-state index is -0.410. The number of amides is 2. The summed E-state index contributed by atoms with van der Waals surface area (Å²) < 4.78 is 14.4. The molecule has 1 heterocycles. The van der Waals surface area contributed by atoms with Crippen LogP contribution in [0, 0.1) is 30.0 Å². The van der Waals surface area contributed by atoms with Crippen molar-refractivity contribution in [2.75, 3.05) is 31.5 Å². The number of anilines is 1. The van der Waals surface area contributed by atoms with Crippen LogP contribution in [0.15, 0.2) is 36.4 Å². The fraction of sp³-hybridized carbons (Fsp3) is 0.423. The van der Waals surface area contributed by atoms with Gasteiger partial charge in [-0.1, -0.05) is 18.9 Å². The molecule has 7 heteroatoms. The summed E-state index contributed by atoms with van der Waals surface area (Å²) in [6.07, 6.45) is 4.32. The minimum Gasteiger partial charge on any atom is -0.340 e. The average molecular weight is 449 g/mol. The zero-order chi connectivity index (χ0) is 23.4. The van der Waals surface area contributed by atoms with Gasteiger partial charge in [0.15, 0.2) is 0 Å². The van der Waals surface area contributed by atoms with Gasteiger partial charge < -0.3 is 10.2 Å². The van der Waals surface area contributed by atoms with E-state index in [0.29, 0.717) is 42.4 Å². The van der Waals surface area contributed by atoms with E-state index in [9.17, 15) is 14.0 Å². The number of halogens is 1. The third-order valence-corrected chi connectivity index (χ3v) is 6.76. The first-order valence-electron chi connectivity index (χ1n) is 11.6. The number of nitriles is 1. The molecule has 0 atom stereocenters. The molecule has 0 radical (unpaired) electrons. The lowest BCUT2D eigenvalue weighted by atomic mass is 10.0. The predicted molar refractivity (Wildman–Crippen MR) is 124 cm³/mol. The van der Waals surface area contributed by atoms with Crippen molar-refractivity contribution in [2.24, 2.45) is 5.92 Å². The van der Waals surface area contributed by atoms with Gasteiger partial charge in [0.25, 0.3) is 5.91 Å². The zero-order valence-corrected chi connectivity index (χ0v) is 18.9. The van der Waals surface area contributed by atoms with Crippen molar-refractivity contribution in [1.82, 2.24) is 9.80 Å². The number of piperazine rings is 1. The number of carbonyl (C=O) groups is 2. The fourth-order valence-corrected chi connectivity index (χ4v) is 4.75. The molecule has 2 aromatic carbocycles. The van der Waals surface area contributed by atoms with Crippen molar-refractivity contribution in [3.63, 3.8) is 0 Å². The maximum Gasteiger partial charge on any atom is 0.255 e. The molecule has 172 valence electrons. The van der Waals surface area contributed by atoms with Gasteiger partial charge in [-0.05, 0) is 61.2 Å².